The largest absolute Gasteiger partial charge is 0.345 e. The number of carbonyl (C=O) groups excluding carboxylic acids is 1. The van der Waals surface area contributed by atoms with Crippen LogP contribution in [0.15, 0.2) is 48.5 Å². The minimum Gasteiger partial charge on any atom is -0.345 e. The van der Waals surface area contributed by atoms with Crippen LogP contribution in [0.1, 0.15) is 11.1 Å². The second-order valence-electron chi connectivity index (χ2n) is 6.97. The van der Waals surface area contributed by atoms with Crippen molar-refractivity contribution in [1.29, 1.82) is 0 Å². The summed E-state index contributed by atoms with van der Waals surface area (Å²) in [4.78, 5) is 31.6. The number of hydrogen-bond acceptors (Lipinski definition) is 6. The maximum atomic E-state index is 12.5. The number of rotatable bonds is 4. The van der Waals surface area contributed by atoms with Crippen molar-refractivity contribution in [1.82, 2.24) is 9.88 Å². The van der Waals surface area contributed by atoms with E-state index in [1.807, 2.05) is 6.07 Å². The smallest absolute Gasteiger partial charge is 0.270 e. The molecule has 1 amide bonds. The lowest BCUT2D eigenvalue weighted by Gasteiger charge is -2.34. The summed E-state index contributed by atoms with van der Waals surface area (Å²) >= 11 is 1.68. The van der Waals surface area contributed by atoms with E-state index in [4.69, 9.17) is 4.98 Å². The van der Waals surface area contributed by atoms with Gasteiger partial charge in [-0.2, -0.15) is 0 Å². The summed E-state index contributed by atoms with van der Waals surface area (Å²) in [5, 5.41) is 11.8. The minimum absolute atomic E-state index is 0.0132. The van der Waals surface area contributed by atoms with Gasteiger partial charge in [-0.3, -0.25) is 14.9 Å². The minimum atomic E-state index is -0.443. The third-order valence-electron chi connectivity index (χ3n) is 4.89. The number of non-ortho nitro benzene ring substituents is 1. The summed E-state index contributed by atoms with van der Waals surface area (Å²) < 4.78 is 1.18. The zero-order chi connectivity index (χ0) is 20.4. The first-order valence-corrected chi connectivity index (χ1v) is 10.1. The molecule has 0 aliphatic carbocycles. The number of benzene rings is 2. The highest BCUT2D eigenvalue weighted by molar-refractivity contribution is 7.22. The fourth-order valence-corrected chi connectivity index (χ4v) is 4.40. The van der Waals surface area contributed by atoms with Gasteiger partial charge >= 0.3 is 0 Å². The van der Waals surface area contributed by atoms with Gasteiger partial charge in [-0.1, -0.05) is 29.5 Å². The van der Waals surface area contributed by atoms with Gasteiger partial charge in [0.2, 0.25) is 5.91 Å². The summed E-state index contributed by atoms with van der Waals surface area (Å²) in [5.41, 5.74) is 2.88. The average Bonchev–Trinajstić information content (AvgIpc) is 3.15. The third kappa shape index (κ3) is 4.27. The Labute approximate surface area is 172 Å². The maximum absolute atomic E-state index is 12.5. The molecule has 0 radical (unpaired) electrons. The molecule has 0 spiro atoms. The van der Waals surface area contributed by atoms with E-state index in [1.54, 1.807) is 34.4 Å². The standard InChI is InChI=1S/C21H20N4O3S/c1-15-5-7-18-19(13-15)29-21(22-18)24-11-9-23(10-12-24)20(26)8-6-16-3-2-4-17(14-16)25(27)28/h2-8,13-14H,9-12H2,1H3. The van der Waals surface area contributed by atoms with Crippen LogP contribution in [0.2, 0.25) is 0 Å². The van der Waals surface area contributed by atoms with Gasteiger partial charge in [-0.25, -0.2) is 4.98 Å². The van der Waals surface area contributed by atoms with Crippen molar-refractivity contribution >= 4 is 44.4 Å². The second kappa shape index (κ2) is 8.00. The summed E-state index contributed by atoms with van der Waals surface area (Å²) in [6.07, 6.45) is 3.10. The Hall–Kier alpha value is -3.26. The normalized spacial score (nSPS) is 14.7. The van der Waals surface area contributed by atoms with E-state index in [9.17, 15) is 14.9 Å². The predicted octanol–water partition coefficient (Wildman–Crippen LogP) is 3.87. The molecule has 1 aliphatic rings. The molecule has 2 aromatic carbocycles. The number of nitrogens with zero attached hydrogens (tertiary/aromatic N) is 4. The van der Waals surface area contributed by atoms with Gasteiger partial charge in [0, 0.05) is 44.4 Å². The molecule has 1 aliphatic heterocycles. The highest BCUT2D eigenvalue weighted by atomic mass is 32.1. The Kier molecular flexibility index (Phi) is 5.26. The molecule has 0 atom stereocenters. The van der Waals surface area contributed by atoms with E-state index < -0.39 is 4.92 Å². The first kappa shape index (κ1) is 19.1. The quantitative estimate of drug-likeness (QED) is 0.372. The van der Waals surface area contributed by atoms with E-state index in [1.165, 1.54) is 28.5 Å². The molecule has 1 saturated heterocycles. The SMILES string of the molecule is Cc1ccc2nc(N3CCN(C(=O)C=Cc4cccc([N+](=O)[O-])c4)CC3)sc2c1. The Morgan fingerprint density at radius 1 is 1.17 bits per heavy atom. The summed E-state index contributed by atoms with van der Waals surface area (Å²) in [5.74, 6) is -0.0870. The molecule has 0 unspecified atom stereocenters. The number of nitro benzene ring substituents is 1. The molecular formula is C21H20N4O3S. The number of piperazine rings is 1. The molecule has 1 fully saturated rings. The van der Waals surface area contributed by atoms with Gasteiger partial charge in [-0.15, -0.1) is 0 Å². The van der Waals surface area contributed by atoms with E-state index in [0.717, 1.165) is 23.7 Å². The second-order valence-corrected chi connectivity index (χ2v) is 7.97. The van der Waals surface area contributed by atoms with Crippen molar-refractivity contribution in [3.05, 3.63) is 69.8 Å². The van der Waals surface area contributed by atoms with Gasteiger partial charge in [0.05, 0.1) is 15.1 Å². The number of anilines is 1. The number of aromatic nitrogens is 1. The number of fused-ring (bicyclic) bond motifs is 1. The Bertz CT molecular complexity index is 1100. The van der Waals surface area contributed by atoms with Crippen LogP contribution in [-0.2, 0) is 4.79 Å². The molecule has 0 bridgehead atoms. The van der Waals surface area contributed by atoms with Crippen molar-refractivity contribution in [2.24, 2.45) is 0 Å². The van der Waals surface area contributed by atoms with Crippen molar-refractivity contribution in [3.8, 4) is 0 Å². The topological polar surface area (TPSA) is 79.6 Å². The van der Waals surface area contributed by atoms with E-state index >= 15 is 0 Å². The van der Waals surface area contributed by atoms with E-state index in [0.29, 0.717) is 18.7 Å². The zero-order valence-electron chi connectivity index (χ0n) is 15.9. The predicted molar refractivity (Wildman–Crippen MR) is 115 cm³/mol. The summed E-state index contributed by atoms with van der Waals surface area (Å²) in [6.45, 7) is 4.77. The van der Waals surface area contributed by atoms with E-state index in [2.05, 4.69) is 24.0 Å². The lowest BCUT2D eigenvalue weighted by Crippen LogP contribution is -2.48. The van der Waals surface area contributed by atoms with Crippen molar-refractivity contribution in [2.45, 2.75) is 6.92 Å². The summed E-state index contributed by atoms with van der Waals surface area (Å²) in [6, 6.07) is 12.5. The first-order chi connectivity index (χ1) is 14.0. The zero-order valence-corrected chi connectivity index (χ0v) is 16.8. The molecular weight excluding hydrogens is 388 g/mol. The maximum Gasteiger partial charge on any atom is 0.270 e. The van der Waals surface area contributed by atoms with E-state index in [-0.39, 0.29) is 11.6 Å². The number of hydrogen-bond donors (Lipinski definition) is 0. The third-order valence-corrected chi connectivity index (χ3v) is 5.97. The fourth-order valence-electron chi connectivity index (χ4n) is 3.29. The highest BCUT2D eigenvalue weighted by Crippen LogP contribution is 2.30. The number of thiazole rings is 1. The van der Waals surface area contributed by atoms with Crippen LogP contribution < -0.4 is 4.90 Å². The van der Waals surface area contributed by atoms with Crippen molar-refractivity contribution in [2.75, 3.05) is 31.1 Å². The average molecular weight is 408 g/mol. The lowest BCUT2D eigenvalue weighted by atomic mass is 10.2. The molecule has 0 N–H and O–H groups in total. The fraction of sp³-hybridized carbons (Fsp3) is 0.238. The van der Waals surface area contributed by atoms with Crippen LogP contribution >= 0.6 is 11.3 Å². The highest BCUT2D eigenvalue weighted by Gasteiger charge is 2.22. The van der Waals surface area contributed by atoms with Gasteiger partial charge in [0.1, 0.15) is 0 Å². The molecule has 1 aromatic heterocycles. The number of carbonyl (C=O) groups is 1. The molecule has 7 nitrogen and oxygen atoms in total. The van der Waals surface area contributed by atoms with Gasteiger partial charge in [0.15, 0.2) is 5.13 Å². The summed E-state index contributed by atoms with van der Waals surface area (Å²) in [7, 11) is 0. The van der Waals surface area contributed by atoms with Crippen LogP contribution in [0.5, 0.6) is 0 Å². The van der Waals surface area contributed by atoms with Crippen LogP contribution in [0.3, 0.4) is 0 Å². The number of amides is 1. The first-order valence-electron chi connectivity index (χ1n) is 9.33. The van der Waals surface area contributed by atoms with Crippen LogP contribution in [0.4, 0.5) is 10.8 Å². The molecule has 4 rings (SSSR count). The van der Waals surface area contributed by atoms with Gasteiger partial charge in [0.25, 0.3) is 5.69 Å². The van der Waals surface area contributed by atoms with Crippen LogP contribution in [-0.4, -0.2) is 46.9 Å². The van der Waals surface area contributed by atoms with Gasteiger partial charge < -0.3 is 9.80 Å². The Balaban J connectivity index is 1.38. The van der Waals surface area contributed by atoms with Crippen LogP contribution in [0.25, 0.3) is 16.3 Å². The molecule has 0 saturated carbocycles. The molecule has 2 heterocycles. The number of nitro groups is 1. The Morgan fingerprint density at radius 2 is 1.97 bits per heavy atom. The lowest BCUT2D eigenvalue weighted by molar-refractivity contribution is -0.384. The van der Waals surface area contributed by atoms with Crippen molar-refractivity contribution < 1.29 is 9.72 Å². The Morgan fingerprint density at radius 3 is 2.72 bits per heavy atom. The molecule has 8 heteroatoms. The molecule has 3 aromatic rings. The monoisotopic (exact) mass is 408 g/mol. The molecule has 29 heavy (non-hydrogen) atoms. The number of aryl methyl sites for hydroxylation is 1. The van der Waals surface area contributed by atoms with Crippen LogP contribution in [0, 0.1) is 17.0 Å². The molecule has 148 valence electrons. The van der Waals surface area contributed by atoms with Gasteiger partial charge in [-0.05, 0) is 36.3 Å². The van der Waals surface area contributed by atoms with Crippen molar-refractivity contribution in [3.63, 3.8) is 0 Å².